The van der Waals surface area contributed by atoms with Crippen LogP contribution in [-0.2, 0) is 13.0 Å². The predicted molar refractivity (Wildman–Crippen MR) is 137 cm³/mol. The molecule has 2 heterocycles. The van der Waals surface area contributed by atoms with Crippen LogP contribution in [0.4, 0.5) is 10.2 Å². The van der Waals surface area contributed by atoms with Gasteiger partial charge in [0.1, 0.15) is 11.6 Å². The van der Waals surface area contributed by atoms with E-state index >= 15 is 0 Å². The molecule has 6 nitrogen and oxygen atoms in total. The SMILES string of the molecule is CCNC(=NCc1ccc(N2CCN(CC)CC2)nc1)NCCc1ccc(F)cc1.I. The van der Waals surface area contributed by atoms with Crippen LogP contribution in [0.25, 0.3) is 0 Å². The standard InChI is InChI=1S/C23H33FN6.HI/c1-3-25-23(26-12-11-19-5-8-21(24)9-6-19)28-18-20-7-10-22(27-17-20)30-15-13-29(4-2)14-16-30;/h5-10,17H,3-4,11-16,18H2,1-2H3,(H2,25,26,28);1H. The van der Waals surface area contributed by atoms with E-state index in [-0.39, 0.29) is 29.8 Å². The Bertz CT molecular complexity index is 789. The van der Waals surface area contributed by atoms with Gasteiger partial charge in [-0.05, 0) is 49.2 Å². The average molecular weight is 540 g/mol. The molecule has 2 N–H and O–H groups in total. The summed E-state index contributed by atoms with van der Waals surface area (Å²) >= 11 is 0. The molecule has 0 amide bonds. The molecule has 1 aliphatic heterocycles. The topological polar surface area (TPSA) is 55.8 Å². The van der Waals surface area contributed by atoms with E-state index in [9.17, 15) is 4.39 Å². The van der Waals surface area contributed by atoms with Gasteiger partial charge in [-0.2, -0.15) is 0 Å². The Kier molecular flexibility index (Phi) is 11.0. The molecule has 2 aromatic rings. The van der Waals surface area contributed by atoms with Gasteiger partial charge < -0.3 is 20.4 Å². The molecular weight excluding hydrogens is 506 g/mol. The average Bonchev–Trinajstić information content (AvgIpc) is 2.79. The van der Waals surface area contributed by atoms with Gasteiger partial charge in [-0.1, -0.05) is 25.1 Å². The molecule has 1 aliphatic rings. The van der Waals surface area contributed by atoms with Crippen LogP contribution in [0, 0.1) is 5.82 Å². The molecule has 0 atom stereocenters. The van der Waals surface area contributed by atoms with Crippen LogP contribution in [0.2, 0.25) is 0 Å². The fourth-order valence-corrected chi connectivity index (χ4v) is 3.48. The first-order valence-electron chi connectivity index (χ1n) is 10.9. The molecule has 1 fully saturated rings. The third-order valence-electron chi connectivity index (χ3n) is 5.34. The van der Waals surface area contributed by atoms with Crippen molar-refractivity contribution in [2.75, 3.05) is 50.7 Å². The van der Waals surface area contributed by atoms with Crippen LogP contribution >= 0.6 is 24.0 Å². The molecule has 1 saturated heterocycles. The van der Waals surface area contributed by atoms with E-state index in [1.165, 1.54) is 12.1 Å². The first-order valence-corrected chi connectivity index (χ1v) is 10.9. The number of benzene rings is 1. The number of aliphatic imine (C=N–C) groups is 1. The van der Waals surface area contributed by atoms with Crippen molar-refractivity contribution >= 4 is 35.8 Å². The van der Waals surface area contributed by atoms with Crippen molar-refractivity contribution in [3.63, 3.8) is 0 Å². The lowest BCUT2D eigenvalue weighted by molar-refractivity contribution is 0.270. The van der Waals surface area contributed by atoms with Gasteiger partial charge >= 0.3 is 0 Å². The number of nitrogens with one attached hydrogen (secondary N) is 2. The van der Waals surface area contributed by atoms with Gasteiger partial charge in [-0.25, -0.2) is 14.4 Å². The zero-order valence-corrected chi connectivity index (χ0v) is 20.8. The van der Waals surface area contributed by atoms with Crippen molar-refractivity contribution in [2.45, 2.75) is 26.8 Å². The quantitative estimate of drug-likeness (QED) is 0.306. The molecule has 0 unspecified atom stereocenters. The number of hydrogen-bond acceptors (Lipinski definition) is 4. The second-order valence-electron chi connectivity index (χ2n) is 7.44. The van der Waals surface area contributed by atoms with Gasteiger partial charge in [-0.15, -0.1) is 24.0 Å². The van der Waals surface area contributed by atoms with Gasteiger partial charge in [-0.3, -0.25) is 0 Å². The number of nitrogens with zero attached hydrogens (tertiary/aromatic N) is 4. The fraction of sp³-hybridized carbons (Fsp3) is 0.478. The Morgan fingerprint density at radius 1 is 1.00 bits per heavy atom. The summed E-state index contributed by atoms with van der Waals surface area (Å²) in [6.07, 6.45) is 2.74. The fourth-order valence-electron chi connectivity index (χ4n) is 3.48. The van der Waals surface area contributed by atoms with E-state index in [0.29, 0.717) is 6.54 Å². The highest BCUT2D eigenvalue weighted by atomic mass is 127. The number of aromatic nitrogens is 1. The molecule has 0 saturated carbocycles. The number of piperazine rings is 1. The minimum absolute atomic E-state index is 0. The van der Waals surface area contributed by atoms with Crippen LogP contribution in [0.1, 0.15) is 25.0 Å². The molecule has 1 aromatic carbocycles. The largest absolute Gasteiger partial charge is 0.357 e. The van der Waals surface area contributed by atoms with E-state index < -0.39 is 0 Å². The second-order valence-corrected chi connectivity index (χ2v) is 7.44. The Labute approximate surface area is 202 Å². The summed E-state index contributed by atoms with van der Waals surface area (Å²) in [5.74, 6) is 1.62. The van der Waals surface area contributed by atoms with Gasteiger partial charge in [0.25, 0.3) is 0 Å². The Morgan fingerprint density at radius 2 is 1.71 bits per heavy atom. The molecule has 0 spiro atoms. The monoisotopic (exact) mass is 540 g/mol. The zero-order valence-electron chi connectivity index (χ0n) is 18.5. The van der Waals surface area contributed by atoms with Crippen molar-refractivity contribution in [1.29, 1.82) is 0 Å². The van der Waals surface area contributed by atoms with Gasteiger partial charge in [0, 0.05) is 45.5 Å². The van der Waals surface area contributed by atoms with E-state index in [1.807, 2.05) is 25.3 Å². The number of pyridine rings is 1. The van der Waals surface area contributed by atoms with Crippen molar-refractivity contribution < 1.29 is 4.39 Å². The van der Waals surface area contributed by atoms with Crippen LogP contribution in [0.15, 0.2) is 47.6 Å². The summed E-state index contributed by atoms with van der Waals surface area (Å²) < 4.78 is 13.0. The van der Waals surface area contributed by atoms with Gasteiger partial charge in [0.2, 0.25) is 0 Å². The van der Waals surface area contributed by atoms with E-state index in [4.69, 9.17) is 0 Å². The zero-order chi connectivity index (χ0) is 21.2. The van der Waals surface area contributed by atoms with Crippen molar-refractivity contribution in [1.82, 2.24) is 20.5 Å². The first-order chi connectivity index (χ1) is 14.7. The number of likely N-dealkylation sites (N-methyl/N-ethyl adjacent to an activating group) is 1. The van der Waals surface area contributed by atoms with Gasteiger partial charge in [0.15, 0.2) is 5.96 Å². The maximum atomic E-state index is 13.0. The molecule has 0 aliphatic carbocycles. The molecule has 31 heavy (non-hydrogen) atoms. The first kappa shape index (κ1) is 25.3. The third kappa shape index (κ3) is 8.25. The maximum Gasteiger partial charge on any atom is 0.191 e. The smallest absolute Gasteiger partial charge is 0.191 e. The molecular formula is C23H34FIN6. The molecule has 8 heteroatoms. The number of rotatable bonds is 8. The summed E-state index contributed by atoms with van der Waals surface area (Å²) in [5, 5.41) is 6.61. The minimum atomic E-state index is -0.204. The summed E-state index contributed by atoms with van der Waals surface area (Å²) in [7, 11) is 0. The summed E-state index contributed by atoms with van der Waals surface area (Å²) in [6.45, 7) is 11.7. The van der Waals surface area contributed by atoms with Crippen molar-refractivity contribution in [2.24, 2.45) is 4.99 Å². The highest BCUT2D eigenvalue weighted by Crippen LogP contribution is 2.14. The summed E-state index contributed by atoms with van der Waals surface area (Å²) in [5.41, 5.74) is 2.18. The third-order valence-corrected chi connectivity index (χ3v) is 5.34. The number of hydrogen-bond donors (Lipinski definition) is 2. The number of guanidine groups is 1. The van der Waals surface area contributed by atoms with Crippen LogP contribution in [0.3, 0.4) is 0 Å². The Balaban J connectivity index is 0.00000341. The molecule has 170 valence electrons. The van der Waals surface area contributed by atoms with E-state index in [2.05, 4.69) is 49.5 Å². The van der Waals surface area contributed by atoms with E-state index in [0.717, 1.165) is 75.1 Å². The Hall–Kier alpha value is -1.94. The van der Waals surface area contributed by atoms with Crippen molar-refractivity contribution in [3.05, 3.63) is 59.5 Å². The van der Waals surface area contributed by atoms with Crippen LogP contribution < -0.4 is 15.5 Å². The number of anilines is 1. The molecule has 3 rings (SSSR count). The molecule has 0 bridgehead atoms. The van der Waals surface area contributed by atoms with Crippen molar-refractivity contribution in [3.8, 4) is 0 Å². The highest BCUT2D eigenvalue weighted by Gasteiger charge is 2.16. The normalized spacial score (nSPS) is 14.8. The van der Waals surface area contributed by atoms with Gasteiger partial charge in [0.05, 0.1) is 6.54 Å². The molecule has 1 aromatic heterocycles. The predicted octanol–water partition coefficient (Wildman–Crippen LogP) is 3.28. The Morgan fingerprint density at radius 3 is 2.32 bits per heavy atom. The van der Waals surface area contributed by atoms with E-state index in [1.54, 1.807) is 0 Å². The second kappa shape index (κ2) is 13.5. The summed E-state index contributed by atoms with van der Waals surface area (Å²) in [6, 6.07) is 10.8. The summed E-state index contributed by atoms with van der Waals surface area (Å²) in [4.78, 5) is 14.1. The maximum absolute atomic E-state index is 13.0. The lowest BCUT2D eigenvalue weighted by Gasteiger charge is -2.34. The highest BCUT2D eigenvalue weighted by molar-refractivity contribution is 14.0. The lowest BCUT2D eigenvalue weighted by Crippen LogP contribution is -2.46. The minimum Gasteiger partial charge on any atom is -0.357 e. The van der Waals surface area contributed by atoms with Crippen LogP contribution in [-0.4, -0.2) is 61.7 Å². The molecule has 0 radical (unpaired) electrons. The lowest BCUT2D eigenvalue weighted by atomic mass is 10.1. The number of halogens is 2. The van der Waals surface area contributed by atoms with Crippen LogP contribution in [0.5, 0.6) is 0 Å².